The zero-order valence-electron chi connectivity index (χ0n) is 11.0. The van der Waals surface area contributed by atoms with Gasteiger partial charge in [0.1, 0.15) is 0 Å². The van der Waals surface area contributed by atoms with Crippen molar-refractivity contribution in [2.45, 2.75) is 19.8 Å². The number of halogens is 2. The molecule has 0 bridgehead atoms. The largest absolute Gasteiger partial charge is 0.396 e. The summed E-state index contributed by atoms with van der Waals surface area (Å²) >= 11 is 11.4. The molecule has 0 aliphatic rings. The molecule has 2 nitrogen and oxygen atoms in total. The van der Waals surface area contributed by atoms with E-state index in [0.717, 1.165) is 25.9 Å². The van der Waals surface area contributed by atoms with Crippen LogP contribution in [-0.2, 0) is 0 Å². The number of para-hydroxylation sites is 1. The molecule has 0 unspecified atom stereocenters. The Morgan fingerprint density at radius 3 is 1.94 bits per heavy atom. The fraction of sp³-hybridized carbons (Fsp3) is 0.571. The van der Waals surface area contributed by atoms with Crippen molar-refractivity contribution in [2.75, 3.05) is 36.4 Å². The van der Waals surface area contributed by atoms with Crippen molar-refractivity contribution >= 4 is 28.9 Å². The molecule has 0 aromatic heterocycles. The van der Waals surface area contributed by atoms with E-state index in [1.54, 1.807) is 0 Å². The minimum absolute atomic E-state index is 0.344. The molecule has 1 aromatic carbocycles. The van der Waals surface area contributed by atoms with E-state index in [-0.39, 0.29) is 0 Å². The fourth-order valence-corrected chi connectivity index (χ4v) is 1.78. The Balaban J connectivity index is 0.000000494. The first-order chi connectivity index (χ1) is 8.79. The van der Waals surface area contributed by atoms with Crippen molar-refractivity contribution < 1.29 is 5.11 Å². The number of aliphatic hydroxyl groups is 1. The summed E-state index contributed by atoms with van der Waals surface area (Å²) in [5, 5.41) is 8.07. The molecule has 0 aliphatic heterocycles. The van der Waals surface area contributed by atoms with Gasteiger partial charge in [0.05, 0.1) is 0 Å². The summed E-state index contributed by atoms with van der Waals surface area (Å²) in [5.74, 6) is 1.26. The molecule has 1 aromatic rings. The zero-order valence-corrected chi connectivity index (χ0v) is 12.5. The number of nitrogens with zero attached hydrogens (tertiary/aromatic N) is 1. The molecule has 0 aliphatic carbocycles. The number of alkyl halides is 2. The predicted molar refractivity (Wildman–Crippen MR) is 82.1 cm³/mol. The first-order valence-electron chi connectivity index (χ1n) is 6.32. The molecule has 0 saturated heterocycles. The lowest BCUT2D eigenvalue weighted by Gasteiger charge is -2.22. The number of anilines is 1. The highest BCUT2D eigenvalue weighted by molar-refractivity contribution is 6.18. The van der Waals surface area contributed by atoms with Crippen molar-refractivity contribution in [3.63, 3.8) is 0 Å². The summed E-state index contributed by atoms with van der Waals surface area (Å²) in [6.07, 6.45) is 2.04. The van der Waals surface area contributed by atoms with Gasteiger partial charge in [-0.05, 0) is 18.6 Å². The van der Waals surface area contributed by atoms with Gasteiger partial charge in [-0.3, -0.25) is 0 Å². The average molecular weight is 292 g/mol. The van der Waals surface area contributed by atoms with E-state index >= 15 is 0 Å². The SMILES string of the molecule is CCCCO.ClCCN(CCCl)c1ccccc1. The summed E-state index contributed by atoms with van der Waals surface area (Å²) in [6.45, 7) is 4.09. The number of rotatable bonds is 7. The smallest absolute Gasteiger partial charge is 0.0430 e. The maximum absolute atomic E-state index is 8.07. The van der Waals surface area contributed by atoms with Gasteiger partial charge in [0.2, 0.25) is 0 Å². The van der Waals surface area contributed by atoms with E-state index < -0.39 is 0 Å². The lowest BCUT2D eigenvalue weighted by Crippen LogP contribution is -2.27. The highest BCUT2D eigenvalue weighted by atomic mass is 35.5. The minimum Gasteiger partial charge on any atom is -0.396 e. The lowest BCUT2D eigenvalue weighted by atomic mass is 10.3. The van der Waals surface area contributed by atoms with Crippen LogP contribution >= 0.6 is 23.2 Å². The molecule has 0 heterocycles. The second-order valence-electron chi connectivity index (χ2n) is 3.78. The number of hydrogen-bond donors (Lipinski definition) is 1. The van der Waals surface area contributed by atoms with E-state index in [0.29, 0.717) is 18.4 Å². The Morgan fingerprint density at radius 1 is 1.06 bits per heavy atom. The van der Waals surface area contributed by atoms with Gasteiger partial charge < -0.3 is 10.0 Å². The third-order valence-electron chi connectivity index (χ3n) is 2.34. The summed E-state index contributed by atoms with van der Waals surface area (Å²) in [6, 6.07) is 10.2. The van der Waals surface area contributed by atoms with E-state index in [1.807, 2.05) is 18.2 Å². The monoisotopic (exact) mass is 291 g/mol. The highest BCUT2D eigenvalue weighted by Gasteiger charge is 2.02. The second-order valence-corrected chi connectivity index (χ2v) is 4.53. The molecule has 18 heavy (non-hydrogen) atoms. The first kappa shape index (κ1) is 17.6. The van der Waals surface area contributed by atoms with Gasteiger partial charge in [0.25, 0.3) is 0 Å². The van der Waals surface area contributed by atoms with Crippen molar-refractivity contribution in [1.29, 1.82) is 0 Å². The molecule has 0 fully saturated rings. The molecule has 0 atom stereocenters. The lowest BCUT2D eigenvalue weighted by molar-refractivity contribution is 0.287. The number of benzene rings is 1. The van der Waals surface area contributed by atoms with Crippen LogP contribution in [0.15, 0.2) is 30.3 Å². The molecular formula is C14H23Cl2NO. The quantitative estimate of drug-likeness (QED) is 0.774. The van der Waals surface area contributed by atoms with Crippen LogP contribution in [0.3, 0.4) is 0 Å². The Labute approximate surface area is 121 Å². The van der Waals surface area contributed by atoms with Crippen molar-refractivity contribution in [3.8, 4) is 0 Å². The van der Waals surface area contributed by atoms with E-state index in [4.69, 9.17) is 28.3 Å². The number of hydrogen-bond acceptors (Lipinski definition) is 2. The van der Waals surface area contributed by atoms with Crippen LogP contribution in [0.25, 0.3) is 0 Å². The van der Waals surface area contributed by atoms with Crippen LogP contribution in [0.1, 0.15) is 19.8 Å². The number of unbranched alkanes of at least 4 members (excludes halogenated alkanes) is 1. The molecule has 4 heteroatoms. The molecule has 0 radical (unpaired) electrons. The van der Waals surface area contributed by atoms with Crippen LogP contribution in [-0.4, -0.2) is 36.6 Å². The summed E-state index contributed by atoms with van der Waals surface area (Å²) in [5.41, 5.74) is 1.18. The Morgan fingerprint density at radius 2 is 1.61 bits per heavy atom. The highest BCUT2D eigenvalue weighted by Crippen LogP contribution is 2.12. The van der Waals surface area contributed by atoms with Crippen LogP contribution in [0.2, 0.25) is 0 Å². The van der Waals surface area contributed by atoms with Gasteiger partial charge in [0, 0.05) is 37.1 Å². The second kappa shape index (κ2) is 13.0. The number of aliphatic hydroxyl groups excluding tert-OH is 1. The molecule has 1 N–H and O–H groups in total. The van der Waals surface area contributed by atoms with Gasteiger partial charge in [-0.2, -0.15) is 0 Å². The maximum atomic E-state index is 8.07. The Hall–Kier alpha value is -0.440. The maximum Gasteiger partial charge on any atom is 0.0430 e. The Kier molecular flexibility index (Phi) is 12.7. The molecule has 1 rings (SSSR count). The molecule has 104 valence electrons. The van der Waals surface area contributed by atoms with Crippen LogP contribution in [0.5, 0.6) is 0 Å². The van der Waals surface area contributed by atoms with Crippen molar-refractivity contribution in [1.82, 2.24) is 0 Å². The van der Waals surface area contributed by atoms with Gasteiger partial charge in [-0.1, -0.05) is 31.5 Å². The summed E-state index contributed by atoms with van der Waals surface area (Å²) < 4.78 is 0. The van der Waals surface area contributed by atoms with Crippen molar-refractivity contribution in [2.24, 2.45) is 0 Å². The van der Waals surface area contributed by atoms with E-state index in [9.17, 15) is 0 Å². The van der Waals surface area contributed by atoms with Crippen molar-refractivity contribution in [3.05, 3.63) is 30.3 Å². The van der Waals surface area contributed by atoms with Gasteiger partial charge >= 0.3 is 0 Å². The molecule has 0 saturated carbocycles. The van der Waals surface area contributed by atoms with Gasteiger partial charge in [-0.15, -0.1) is 23.2 Å². The fourth-order valence-electron chi connectivity index (χ4n) is 1.37. The Bertz CT molecular complexity index is 262. The third kappa shape index (κ3) is 8.62. The summed E-state index contributed by atoms with van der Waals surface area (Å²) in [7, 11) is 0. The van der Waals surface area contributed by atoms with E-state index in [2.05, 4.69) is 24.0 Å². The minimum atomic E-state index is 0.344. The predicted octanol–water partition coefficient (Wildman–Crippen LogP) is 3.75. The topological polar surface area (TPSA) is 23.5 Å². The average Bonchev–Trinajstić information content (AvgIpc) is 2.41. The van der Waals surface area contributed by atoms with E-state index in [1.165, 1.54) is 5.69 Å². The molecular weight excluding hydrogens is 269 g/mol. The van der Waals surface area contributed by atoms with Gasteiger partial charge in [0.15, 0.2) is 0 Å². The standard InChI is InChI=1S/C10H13Cl2N.C4H10O/c11-6-8-13(9-7-12)10-4-2-1-3-5-10;1-2-3-4-5/h1-5H,6-9H2;5H,2-4H2,1H3. The van der Waals surface area contributed by atoms with Crippen LogP contribution < -0.4 is 4.90 Å². The van der Waals surface area contributed by atoms with Crippen LogP contribution in [0.4, 0.5) is 5.69 Å². The molecule has 0 spiro atoms. The first-order valence-corrected chi connectivity index (χ1v) is 7.39. The zero-order chi connectivity index (χ0) is 13.6. The third-order valence-corrected chi connectivity index (χ3v) is 2.68. The molecule has 0 amide bonds. The normalized spacial score (nSPS) is 9.56. The van der Waals surface area contributed by atoms with Gasteiger partial charge in [-0.25, -0.2) is 0 Å². The van der Waals surface area contributed by atoms with Crippen LogP contribution in [0, 0.1) is 0 Å². The summed E-state index contributed by atoms with van der Waals surface area (Å²) in [4.78, 5) is 2.18.